The van der Waals surface area contributed by atoms with Crippen molar-refractivity contribution in [2.45, 2.75) is 0 Å². The molecule has 0 N–H and O–H groups in total. The average molecular weight is 279 g/mol. The fraction of sp³-hybridized carbons (Fsp3) is 0. The summed E-state index contributed by atoms with van der Waals surface area (Å²) in [7, 11) is 0. The summed E-state index contributed by atoms with van der Waals surface area (Å²) in [6.07, 6.45) is 3.35. The summed E-state index contributed by atoms with van der Waals surface area (Å²) >= 11 is 8.05. The maximum atomic E-state index is 5.88. The molecule has 5 heteroatoms. The summed E-state index contributed by atoms with van der Waals surface area (Å²) in [4.78, 5) is 3.98. The van der Waals surface area contributed by atoms with Crippen LogP contribution in [0.15, 0.2) is 18.6 Å². The minimum Gasteiger partial charge on any atom is -0.219 e. The molecule has 0 saturated heterocycles. The van der Waals surface area contributed by atoms with E-state index in [0.29, 0.717) is 10.7 Å². The van der Waals surface area contributed by atoms with Crippen molar-refractivity contribution in [3.05, 3.63) is 27.2 Å². The van der Waals surface area contributed by atoms with Crippen molar-refractivity contribution in [1.29, 1.82) is 0 Å². The second-order valence-corrected chi connectivity index (χ2v) is 3.69. The van der Waals surface area contributed by atoms with E-state index >= 15 is 0 Å². The van der Waals surface area contributed by atoms with Gasteiger partial charge < -0.3 is 0 Å². The van der Waals surface area contributed by atoms with Crippen molar-refractivity contribution in [1.82, 2.24) is 14.6 Å². The van der Waals surface area contributed by atoms with E-state index in [0.717, 1.165) is 3.57 Å². The number of aromatic nitrogens is 3. The van der Waals surface area contributed by atoms with E-state index in [1.807, 2.05) is 12.3 Å². The number of pyridine rings is 1. The maximum Gasteiger partial charge on any atom is 0.173 e. The summed E-state index contributed by atoms with van der Waals surface area (Å²) in [6.45, 7) is 0. The quantitative estimate of drug-likeness (QED) is 0.690. The first-order chi connectivity index (χ1) is 5.27. The van der Waals surface area contributed by atoms with E-state index in [2.05, 4.69) is 32.7 Å². The fourth-order valence-electron chi connectivity index (χ4n) is 0.855. The Labute approximate surface area is 81.5 Å². The second kappa shape index (κ2) is 2.60. The standard InChI is InChI=1S/C6H3ClIN3/c7-5-1-4(8)2-11-6(5)9-3-10-11/h1-3H. The van der Waals surface area contributed by atoms with Crippen molar-refractivity contribution >= 4 is 39.8 Å². The van der Waals surface area contributed by atoms with Gasteiger partial charge in [0.15, 0.2) is 5.65 Å². The summed E-state index contributed by atoms with van der Waals surface area (Å²) in [5, 5.41) is 4.59. The van der Waals surface area contributed by atoms with Gasteiger partial charge in [-0.3, -0.25) is 0 Å². The molecule has 2 heterocycles. The Kier molecular flexibility index (Phi) is 1.72. The second-order valence-electron chi connectivity index (χ2n) is 2.03. The van der Waals surface area contributed by atoms with Crippen LogP contribution in [0.1, 0.15) is 0 Å². The van der Waals surface area contributed by atoms with E-state index in [1.165, 1.54) is 6.33 Å². The van der Waals surface area contributed by atoms with Gasteiger partial charge in [0.2, 0.25) is 0 Å². The first-order valence-corrected chi connectivity index (χ1v) is 4.37. The van der Waals surface area contributed by atoms with Crippen LogP contribution in [0.2, 0.25) is 5.02 Å². The van der Waals surface area contributed by atoms with Gasteiger partial charge in [-0.1, -0.05) is 11.6 Å². The molecule has 0 aliphatic rings. The van der Waals surface area contributed by atoms with Crippen LogP contribution in [0.25, 0.3) is 5.65 Å². The van der Waals surface area contributed by atoms with Gasteiger partial charge in [0.1, 0.15) is 6.33 Å². The van der Waals surface area contributed by atoms with Gasteiger partial charge >= 0.3 is 0 Å². The van der Waals surface area contributed by atoms with Gasteiger partial charge in [-0.2, -0.15) is 5.10 Å². The summed E-state index contributed by atoms with van der Waals surface area (Å²) in [5.74, 6) is 0. The lowest BCUT2D eigenvalue weighted by Gasteiger charge is -1.94. The number of hydrogen-bond acceptors (Lipinski definition) is 2. The van der Waals surface area contributed by atoms with E-state index in [4.69, 9.17) is 11.6 Å². The molecule has 0 radical (unpaired) electrons. The zero-order valence-corrected chi connectivity index (χ0v) is 8.24. The van der Waals surface area contributed by atoms with Crippen molar-refractivity contribution in [3.8, 4) is 0 Å². The van der Waals surface area contributed by atoms with Gasteiger partial charge in [0, 0.05) is 9.77 Å². The molecule has 0 fully saturated rings. The topological polar surface area (TPSA) is 30.2 Å². The molecule has 2 aromatic heterocycles. The van der Waals surface area contributed by atoms with Crippen LogP contribution in [0, 0.1) is 3.57 Å². The van der Waals surface area contributed by atoms with Crippen LogP contribution in [0.4, 0.5) is 0 Å². The zero-order valence-electron chi connectivity index (χ0n) is 5.33. The number of fused-ring (bicyclic) bond motifs is 1. The molecule has 0 bridgehead atoms. The lowest BCUT2D eigenvalue weighted by molar-refractivity contribution is 0.956. The molecule has 3 nitrogen and oxygen atoms in total. The number of rotatable bonds is 0. The molecule has 0 aliphatic heterocycles. The summed E-state index contributed by atoms with van der Waals surface area (Å²) in [5.41, 5.74) is 0.701. The Balaban J connectivity index is 2.91. The van der Waals surface area contributed by atoms with Crippen LogP contribution in [-0.2, 0) is 0 Å². The SMILES string of the molecule is Clc1cc(I)cn2ncnc12. The van der Waals surface area contributed by atoms with E-state index in [9.17, 15) is 0 Å². The highest BCUT2D eigenvalue weighted by Gasteiger charge is 2.01. The number of nitrogens with zero attached hydrogens (tertiary/aromatic N) is 3. The minimum atomic E-state index is 0.634. The highest BCUT2D eigenvalue weighted by Crippen LogP contribution is 2.17. The number of hydrogen-bond donors (Lipinski definition) is 0. The average Bonchev–Trinajstić information content (AvgIpc) is 2.34. The lowest BCUT2D eigenvalue weighted by Crippen LogP contribution is -1.88. The van der Waals surface area contributed by atoms with Crippen molar-refractivity contribution in [2.75, 3.05) is 0 Å². The van der Waals surface area contributed by atoms with Gasteiger partial charge in [0.05, 0.1) is 5.02 Å². The van der Waals surface area contributed by atoms with Crippen molar-refractivity contribution < 1.29 is 0 Å². The van der Waals surface area contributed by atoms with Crippen LogP contribution in [0.5, 0.6) is 0 Å². The maximum absolute atomic E-state index is 5.88. The van der Waals surface area contributed by atoms with E-state index in [1.54, 1.807) is 4.52 Å². The normalized spacial score (nSPS) is 10.7. The fourth-order valence-corrected chi connectivity index (χ4v) is 1.87. The van der Waals surface area contributed by atoms with Gasteiger partial charge in [0.25, 0.3) is 0 Å². The molecule has 56 valence electrons. The highest BCUT2D eigenvalue weighted by molar-refractivity contribution is 14.1. The third-order valence-electron chi connectivity index (χ3n) is 1.30. The summed E-state index contributed by atoms with van der Waals surface area (Å²) in [6, 6.07) is 1.85. The Bertz CT molecular complexity index is 398. The molecule has 0 unspecified atom stereocenters. The molecule has 0 saturated carbocycles. The molecule has 2 rings (SSSR count). The van der Waals surface area contributed by atoms with Crippen molar-refractivity contribution in [3.63, 3.8) is 0 Å². The molecular weight excluding hydrogens is 276 g/mol. The van der Waals surface area contributed by atoms with Crippen molar-refractivity contribution in [2.24, 2.45) is 0 Å². The third-order valence-corrected chi connectivity index (χ3v) is 2.16. The highest BCUT2D eigenvalue weighted by atomic mass is 127. The predicted octanol–water partition coefficient (Wildman–Crippen LogP) is 1.99. The Hall–Kier alpha value is -0.360. The molecular formula is C6H3ClIN3. The van der Waals surface area contributed by atoms with Gasteiger partial charge in [-0.05, 0) is 28.7 Å². The van der Waals surface area contributed by atoms with Crippen LogP contribution < -0.4 is 0 Å². The Morgan fingerprint density at radius 2 is 2.36 bits per heavy atom. The van der Waals surface area contributed by atoms with Crippen LogP contribution in [-0.4, -0.2) is 14.6 Å². The molecule has 0 atom stereocenters. The largest absolute Gasteiger partial charge is 0.219 e. The smallest absolute Gasteiger partial charge is 0.173 e. The first-order valence-electron chi connectivity index (χ1n) is 2.92. The molecule has 0 amide bonds. The first kappa shape index (κ1) is 7.30. The van der Waals surface area contributed by atoms with Gasteiger partial charge in [-0.25, -0.2) is 9.50 Å². The molecule has 0 spiro atoms. The van der Waals surface area contributed by atoms with E-state index in [-0.39, 0.29) is 0 Å². The molecule has 0 aliphatic carbocycles. The Morgan fingerprint density at radius 3 is 3.18 bits per heavy atom. The van der Waals surface area contributed by atoms with Gasteiger partial charge in [-0.15, -0.1) is 0 Å². The van der Waals surface area contributed by atoms with Crippen LogP contribution >= 0.6 is 34.2 Å². The van der Waals surface area contributed by atoms with E-state index < -0.39 is 0 Å². The third kappa shape index (κ3) is 1.20. The molecule has 11 heavy (non-hydrogen) atoms. The van der Waals surface area contributed by atoms with Crippen LogP contribution in [0.3, 0.4) is 0 Å². The minimum absolute atomic E-state index is 0.634. The lowest BCUT2D eigenvalue weighted by atomic mass is 10.5. The Morgan fingerprint density at radius 1 is 1.55 bits per heavy atom. The monoisotopic (exact) mass is 279 g/mol. The number of halogens is 2. The predicted molar refractivity (Wildman–Crippen MR) is 50.7 cm³/mol. The molecule has 0 aromatic carbocycles. The summed E-state index contributed by atoms with van der Waals surface area (Å²) < 4.78 is 2.70. The molecule has 2 aromatic rings. The zero-order chi connectivity index (χ0) is 7.84.